The van der Waals surface area contributed by atoms with Crippen molar-refractivity contribution in [3.05, 3.63) is 27.7 Å². The minimum absolute atomic E-state index is 0.0468. The van der Waals surface area contributed by atoms with Crippen molar-refractivity contribution in [3.8, 4) is 0 Å². The topological polar surface area (TPSA) is 34.1 Å². The molecule has 15 heavy (non-hydrogen) atoms. The molecule has 0 aliphatic heterocycles. The van der Waals surface area contributed by atoms with E-state index in [1.807, 2.05) is 6.92 Å². The second-order valence-electron chi connectivity index (χ2n) is 3.12. The lowest BCUT2D eigenvalue weighted by atomic mass is 10.2. The van der Waals surface area contributed by atoms with E-state index in [1.54, 1.807) is 6.92 Å². The Balaban J connectivity index is 3.39. The van der Waals surface area contributed by atoms with E-state index in [9.17, 15) is 8.42 Å². The van der Waals surface area contributed by atoms with Gasteiger partial charge < -0.3 is 0 Å². The van der Waals surface area contributed by atoms with E-state index in [-0.39, 0.29) is 10.6 Å². The van der Waals surface area contributed by atoms with Crippen molar-refractivity contribution >= 4 is 33.0 Å². The van der Waals surface area contributed by atoms with Crippen LogP contribution in [0.2, 0.25) is 10.0 Å². The highest BCUT2D eigenvalue weighted by Crippen LogP contribution is 2.29. The van der Waals surface area contributed by atoms with Crippen molar-refractivity contribution in [1.82, 2.24) is 0 Å². The van der Waals surface area contributed by atoms with Gasteiger partial charge in [-0.15, -0.1) is 0 Å². The first-order chi connectivity index (χ1) is 6.92. The van der Waals surface area contributed by atoms with E-state index >= 15 is 0 Å². The molecule has 1 aromatic rings. The summed E-state index contributed by atoms with van der Waals surface area (Å²) in [5.74, 6) is 0.0468. The Morgan fingerprint density at radius 3 is 1.93 bits per heavy atom. The molecule has 0 spiro atoms. The van der Waals surface area contributed by atoms with Gasteiger partial charge in [-0.05, 0) is 24.1 Å². The molecule has 0 radical (unpaired) electrons. The molecule has 2 nitrogen and oxygen atoms in total. The van der Waals surface area contributed by atoms with Gasteiger partial charge in [-0.25, -0.2) is 8.42 Å². The number of halogens is 2. The summed E-state index contributed by atoms with van der Waals surface area (Å²) in [4.78, 5) is 0.192. The quantitative estimate of drug-likeness (QED) is 0.841. The number of rotatable bonds is 3. The van der Waals surface area contributed by atoms with Gasteiger partial charge in [-0.3, -0.25) is 0 Å². The van der Waals surface area contributed by atoms with Gasteiger partial charge in [-0.2, -0.15) is 0 Å². The van der Waals surface area contributed by atoms with Crippen molar-refractivity contribution in [3.63, 3.8) is 0 Å². The van der Waals surface area contributed by atoms with Crippen molar-refractivity contribution in [2.24, 2.45) is 0 Å². The predicted octanol–water partition coefficient (Wildman–Crippen LogP) is 3.35. The van der Waals surface area contributed by atoms with Crippen LogP contribution in [0.1, 0.15) is 19.4 Å². The lowest BCUT2D eigenvalue weighted by Crippen LogP contribution is -2.04. The molecule has 0 aliphatic carbocycles. The molecule has 84 valence electrons. The third-order valence-electron chi connectivity index (χ3n) is 2.21. The Hall–Kier alpha value is -0.250. The predicted molar refractivity (Wildman–Crippen MR) is 63.6 cm³/mol. The van der Waals surface area contributed by atoms with Crippen LogP contribution in [0.5, 0.6) is 0 Å². The molecule has 0 saturated heterocycles. The van der Waals surface area contributed by atoms with E-state index in [0.29, 0.717) is 16.5 Å². The van der Waals surface area contributed by atoms with Gasteiger partial charge in [0.15, 0.2) is 9.84 Å². The molecule has 0 N–H and O–H groups in total. The average Bonchev–Trinajstić information content (AvgIpc) is 2.17. The van der Waals surface area contributed by atoms with Crippen LogP contribution in [0, 0.1) is 0 Å². The molecular weight excluding hydrogens is 255 g/mol. The SMILES string of the molecule is CCc1c(Cl)cc(S(=O)(=O)CC)cc1Cl. The molecule has 0 aliphatic rings. The first kappa shape index (κ1) is 12.8. The Labute approximate surface area is 100 Å². The monoisotopic (exact) mass is 266 g/mol. The Bertz CT molecular complexity index is 443. The molecule has 0 saturated carbocycles. The van der Waals surface area contributed by atoms with Crippen molar-refractivity contribution in [2.45, 2.75) is 25.2 Å². The summed E-state index contributed by atoms with van der Waals surface area (Å²) in [5.41, 5.74) is 0.786. The molecule has 0 atom stereocenters. The number of hydrogen-bond donors (Lipinski definition) is 0. The zero-order valence-corrected chi connectivity index (χ0v) is 10.9. The van der Waals surface area contributed by atoms with Crippen LogP contribution in [0.25, 0.3) is 0 Å². The third-order valence-corrected chi connectivity index (χ3v) is 4.60. The van der Waals surface area contributed by atoms with Gasteiger partial charge in [-0.1, -0.05) is 37.0 Å². The molecule has 1 aromatic carbocycles. The summed E-state index contributed by atoms with van der Waals surface area (Å²) in [6, 6.07) is 2.93. The summed E-state index contributed by atoms with van der Waals surface area (Å²) in [6.45, 7) is 3.51. The van der Waals surface area contributed by atoms with E-state index in [2.05, 4.69) is 0 Å². The van der Waals surface area contributed by atoms with Crippen molar-refractivity contribution in [1.29, 1.82) is 0 Å². The summed E-state index contributed by atoms with van der Waals surface area (Å²) in [5, 5.41) is 0.828. The summed E-state index contributed by atoms with van der Waals surface area (Å²) in [7, 11) is -3.24. The number of hydrogen-bond acceptors (Lipinski definition) is 2. The minimum atomic E-state index is -3.24. The highest BCUT2D eigenvalue weighted by atomic mass is 35.5. The van der Waals surface area contributed by atoms with E-state index in [0.717, 1.165) is 5.56 Å². The maximum absolute atomic E-state index is 11.6. The summed E-state index contributed by atoms with van der Waals surface area (Å²) in [6.07, 6.45) is 0.685. The van der Waals surface area contributed by atoms with Crippen LogP contribution < -0.4 is 0 Å². The van der Waals surface area contributed by atoms with Crippen molar-refractivity contribution in [2.75, 3.05) is 5.75 Å². The minimum Gasteiger partial charge on any atom is -0.224 e. The molecule has 0 heterocycles. The van der Waals surface area contributed by atoms with Crippen LogP contribution in [-0.4, -0.2) is 14.2 Å². The van der Waals surface area contributed by atoms with Crippen LogP contribution in [-0.2, 0) is 16.3 Å². The second kappa shape index (κ2) is 4.73. The molecule has 5 heteroatoms. The molecule has 0 bridgehead atoms. The van der Waals surface area contributed by atoms with Crippen LogP contribution in [0.15, 0.2) is 17.0 Å². The van der Waals surface area contributed by atoms with Crippen LogP contribution in [0.4, 0.5) is 0 Å². The fourth-order valence-electron chi connectivity index (χ4n) is 1.26. The highest BCUT2D eigenvalue weighted by molar-refractivity contribution is 7.91. The summed E-state index contributed by atoms with van der Waals surface area (Å²) >= 11 is 11.9. The maximum Gasteiger partial charge on any atom is 0.178 e. The largest absolute Gasteiger partial charge is 0.224 e. The standard InChI is InChI=1S/C10H12Cl2O2S/c1-3-8-9(11)5-7(6-10(8)12)15(13,14)4-2/h5-6H,3-4H2,1-2H3. The maximum atomic E-state index is 11.6. The highest BCUT2D eigenvalue weighted by Gasteiger charge is 2.15. The molecule has 0 fully saturated rings. The molecule has 0 unspecified atom stereocenters. The Morgan fingerprint density at radius 2 is 1.60 bits per heavy atom. The fourth-order valence-corrected chi connectivity index (χ4v) is 3.08. The normalized spacial score (nSPS) is 11.7. The van der Waals surface area contributed by atoms with Gasteiger partial charge in [0, 0.05) is 10.0 Å². The second-order valence-corrected chi connectivity index (χ2v) is 6.22. The number of sulfone groups is 1. The number of benzene rings is 1. The van der Waals surface area contributed by atoms with Crippen LogP contribution >= 0.6 is 23.2 Å². The first-order valence-electron chi connectivity index (χ1n) is 4.63. The van der Waals surface area contributed by atoms with E-state index in [1.165, 1.54) is 12.1 Å². The molecule has 0 aromatic heterocycles. The van der Waals surface area contributed by atoms with Gasteiger partial charge in [0.05, 0.1) is 10.6 Å². The van der Waals surface area contributed by atoms with Crippen LogP contribution in [0.3, 0.4) is 0 Å². The zero-order valence-electron chi connectivity index (χ0n) is 8.55. The van der Waals surface area contributed by atoms with Gasteiger partial charge in [0.1, 0.15) is 0 Å². The molecule has 1 rings (SSSR count). The van der Waals surface area contributed by atoms with Gasteiger partial charge in [0.2, 0.25) is 0 Å². The smallest absolute Gasteiger partial charge is 0.178 e. The first-order valence-corrected chi connectivity index (χ1v) is 7.03. The van der Waals surface area contributed by atoms with Gasteiger partial charge in [0.25, 0.3) is 0 Å². The average molecular weight is 267 g/mol. The van der Waals surface area contributed by atoms with E-state index in [4.69, 9.17) is 23.2 Å². The lowest BCUT2D eigenvalue weighted by Gasteiger charge is -2.08. The lowest BCUT2D eigenvalue weighted by molar-refractivity contribution is 0.597. The van der Waals surface area contributed by atoms with E-state index < -0.39 is 9.84 Å². The fraction of sp³-hybridized carbons (Fsp3) is 0.400. The zero-order chi connectivity index (χ0) is 11.6. The van der Waals surface area contributed by atoms with Crippen molar-refractivity contribution < 1.29 is 8.42 Å². The Morgan fingerprint density at radius 1 is 1.13 bits per heavy atom. The Kier molecular flexibility index (Phi) is 4.04. The molecule has 0 amide bonds. The third kappa shape index (κ3) is 2.65. The van der Waals surface area contributed by atoms with Gasteiger partial charge >= 0.3 is 0 Å². The summed E-state index contributed by atoms with van der Waals surface area (Å²) < 4.78 is 23.2. The molecular formula is C10H12Cl2O2S.